The minimum absolute atomic E-state index is 0.647. The van der Waals surface area contributed by atoms with Gasteiger partial charge in [-0.05, 0) is 6.92 Å². The largest absolute Gasteiger partial charge is 0.338 e. The molecular formula is C16H17N5O. The number of aryl methyl sites for hydroxylation is 1. The van der Waals surface area contributed by atoms with Gasteiger partial charge in [-0.3, -0.25) is 4.90 Å². The molecule has 0 aliphatic carbocycles. The SMILES string of the molecule is Cc1ccc(-c2noc(CN3CCn4ccnc4C3)n2)cc1. The third-order valence-electron chi connectivity index (χ3n) is 3.96. The maximum absolute atomic E-state index is 5.39. The van der Waals surface area contributed by atoms with Crippen LogP contribution in [0.5, 0.6) is 0 Å². The van der Waals surface area contributed by atoms with E-state index in [1.54, 1.807) is 0 Å². The van der Waals surface area contributed by atoms with E-state index >= 15 is 0 Å². The van der Waals surface area contributed by atoms with Gasteiger partial charge in [0.25, 0.3) is 0 Å². The number of rotatable bonds is 3. The molecule has 0 saturated carbocycles. The summed E-state index contributed by atoms with van der Waals surface area (Å²) < 4.78 is 7.57. The molecule has 0 amide bonds. The van der Waals surface area contributed by atoms with Gasteiger partial charge >= 0.3 is 0 Å². The molecule has 22 heavy (non-hydrogen) atoms. The van der Waals surface area contributed by atoms with Gasteiger partial charge in [0.2, 0.25) is 11.7 Å². The third-order valence-corrected chi connectivity index (χ3v) is 3.96. The average molecular weight is 295 g/mol. The zero-order valence-electron chi connectivity index (χ0n) is 12.4. The van der Waals surface area contributed by atoms with Crippen LogP contribution in [-0.2, 0) is 19.6 Å². The quantitative estimate of drug-likeness (QED) is 0.741. The highest BCUT2D eigenvalue weighted by atomic mass is 16.5. The van der Waals surface area contributed by atoms with Crippen LogP contribution < -0.4 is 0 Å². The van der Waals surface area contributed by atoms with Gasteiger partial charge < -0.3 is 9.09 Å². The molecule has 1 aromatic carbocycles. The van der Waals surface area contributed by atoms with Crippen molar-refractivity contribution in [1.82, 2.24) is 24.6 Å². The van der Waals surface area contributed by atoms with Crippen LogP contribution in [0.2, 0.25) is 0 Å². The fraction of sp³-hybridized carbons (Fsp3) is 0.312. The Labute approximate surface area is 128 Å². The zero-order chi connectivity index (χ0) is 14.9. The fourth-order valence-corrected chi connectivity index (χ4v) is 2.69. The van der Waals surface area contributed by atoms with Crippen LogP contribution in [0.15, 0.2) is 41.2 Å². The van der Waals surface area contributed by atoms with Gasteiger partial charge in [-0.25, -0.2) is 4.98 Å². The third kappa shape index (κ3) is 2.53. The van der Waals surface area contributed by atoms with Crippen molar-refractivity contribution in [3.63, 3.8) is 0 Å². The highest BCUT2D eigenvalue weighted by molar-refractivity contribution is 5.54. The van der Waals surface area contributed by atoms with Crippen molar-refractivity contribution >= 4 is 0 Å². The van der Waals surface area contributed by atoms with E-state index in [2.05, 4.69) is 43.6 Å². The lowest BCUT2D eigenvalue weighted by Crippen LogP contribution is -2.33. The number of aromatic nitrogens is 4. The van der Waals surface area contributed by atoms with E-state index in [1.165, 1.54) is 5.56 Å². The molecule has 0 N–H and O–H groups in total. The minimum atomic E-state index is 0.647. The van der Waals surface area contributed by atoms with Crippen molar-refractivity contribution in [2.45, 2.75) is 26.6 Å². The second-order valence-electron chi connectivity index (χ2n) is 5.63. The van der Waals surface area contributed by atoms with Gasteiger partial charge in [0, 0.05) is 31.0 Å². The summed E-state index contributed by atoms with van der Waals surface area (Å²) in [6, 6.07) is 8.13. The first-order valence-corrected chi connectivity index (χ1v) is 7.40. The molecular weight excluding hydrogens is 278 g/mol. The zero-order valence-corrected chi connectivity index (χ0v) is 12.4. The highest BCUT2D eigenvalue weighted by Crippen LogP contribution is 2.18. The summed E-state index contributed by atoms with van der Waals surface area (Å²) in [5.41, 5.74) is 2.20. The molecule has 6 nitrogen and oxygen atoms in total. The van der Waals surface area contributed by atoms with Gasteiger partial charge in [0.1, 0.15) is 5.82 Å². The summed E-state index contributed by atoms with van der Waals surface area (Å²) in [5.74, 6) is 2.38. The Kier molecular flexibility index (Phi) is 3.23. The van der Waals surface area contributed by atoms with Crippen molar-refractivity contribution in [1.29, 1.82) is 0 Å². The number of imidazole rings is 1. The van der Waals surface area contributed by atoms with Gasteiger partial charge in [-0.2, -0.15) is 4.98 Å². The second kappa shape index (κ2) is 5.38. The summed E-state index contributed by atoms with van der Waals surface area (Å²) in [4.78, 5) is 11.1. The second-order valence-corrected chi connectivity index (χ2v) is 5.63. The van der Waals surface area contributed by atoms with E-state index < -0.39 is 0 Å². The van der Waals surface area contributed by atoms with Crippen LogP contribution in [0.25, 0.3) is 11.4 Å². The smallest absolute Gasteiger partial charge is 0.241 e. The van der Waals surface area contributed by atoms with Crippen LogP contribution in [0.4, 0.5) is 0 Å². The lowest BCUT2D eigenvalue weighted by Gasteiger charge is -2.25. The number of hydrogen-bond acceptors (Lipinski definition) is 5. The summed E-state index contributed by atoms with van der Waals surface area (Å²) in [7, 11) is 0. The monoisotopic (exact) mass is 295 g/mol. The van der Waals surface area contributed by atoms with Gasteiger partial charge in [0.15, 0.2) is 0 Å². The summed E-state index contributed by atoms with van der Waals surface area (Å²) >= 11 is 0. The van der Waals surface area contributed by atoms with Crippen molar-refractivity contribution in [3.05, 3.63) is 53.9 Å². The Hall–Kier alpha value is -2.47. The molecule has 0 radical (unpaired) electrons. The topological polar surface area (TPSA) is 60.0 Å². The Morgan fingerprint density at radius 1 is 1.18 bits per heavy atom. The van der Waals surface area contributed by atoms with Gasteiger partial charge in [-0.1, -0.05) is 35.0 Å². The summed E-state index contributed by atoms with van der Waals surface area (Å²) in [6.07, 6.45) is 3.87. The van der Waals surface area contributed by atoms with E-state index in [-0.39, 0.29) is 0 Å². The van der Waals surface area contributed by atoms with Gasteiger partial charge in [-0.15, -0.1) is 0 Å². The van der Waals surface area contributed by atoms with Crippen molar-refractivity contribution < 1.29 is 4.52 Å². The van der Waals surface area contributed by atoms with Crippen LogP contribution in [0.3, 0.4) is 0 Å². The van der Waals surface area contributed by atoms with E-state index in [4.69, 9.17) is 4.52 Å². The molecule has 3 heterocycles. The molecule has 0 atom stereocenters. The molecule has 4 rings (SSSR count). The van der Waals surface area contributed by atoms with Crippen LogP contribution in [-0.4, -0.2) is 31.1 Å². The number of hydrogen-bond donors (Lipinski definition) is 0. The predicted octanol–water partition coefficient (Wildman–Crippen LogP) is 2.26. The number of benzene rings is 1. The Morgan fingerprint density at radius 3 is 2.91 bits per heavy atom. The van der Waals surface area contributed by atoms with Crippen LogP contribution in [0.1, 0.15) is 17.3 Å². The molecule has 3 aromatic rings. The van der Waals surface area contributed by atoms with Crippen molar-refractivity contribution in [2.24, 2.45) is 0 Å². The first-order chi connectivity index (χ1) is 10.8. The van der Waals surface area contributed by atoms with Gasteiger partial charge in [0.05, 0.1) is 13.1 Å². The minimum Gasteiger partial charge on any atom is -0.338 e. The molecule has 1 aliphatic rings. The summed E-state index contributed by atoms with van der Waals surface area (Å²) in [5, 5.41) is 4.08. The van der Waals surface area contributed by atoms with E-state index in [1.807, 2.05) is 24.5 Å². The lowest BCUT2D eigenvalue weighted by atomic mass is 10.1. The first-order valence-electron chi connectivity index (χ1n) is 7.40. The Balaban J connectivity index is 1.47. The molecule has 0 spiro atoms. The molecule has 1 aliphatic heterocycles. The fourth-order valence-electron chi connectivity index (χ4n) is 2.69. The summed E-state index contributed by atoms with van der Waals surface area (Å²) in [6.45, 7) is 5.45. The Bertz CT molecular complexity index is 774. The molecule has 0 unspecified atom stereocenters. The van der Waals surface area contributed by atoms with E-state index in [0.717, 1.165) is 31.0 Å². The predicted molar refractivity (Wildman–Crippen MR) is 80.8 cm³/mol. The van der Waals surface area contributed by atoms with Crippen molar-refractivity contribution in [2.75, 3.05) is 6.54 Å². The molecule has 6 heteroatoms. The maximum Gasteiger partial charge on any atom is 0.241 e. The average Bonchev–Trinajstić information content (AvgIpc) is 3.17. The first kappa shape index (κ1) is 13.2. The number of nitrogens with zero attached hydrogens (tertiary/aromatic N) is 5. The maximum atomic E-state index is 5.39. The molecule has 0 fully saturated rings. The molecule has 112 valence electrons. The highest BCUT2D eigenvalue weighted by Gasteiger charge is 2.19. The Morgan fingerprint density at radius 2 is 2.05 bits per heavy atom. The molecule has 0 saturated heterocycles. The standard InChI is InChI=1S/C16H17N5O/c1-12-2-4-13(5-3-12)16-18-15(22-19-16)11-20-8-9-21-7-6-17-14(21)10-20/h2-7H,8-11H2,1H3. The molecule has 2 aromatic heterocycles. The van der Waals surface area contributed by atoms with E-state index in [9.17, 15) is 0 Å². The normalized spacial score (nSPS) is 15.0. The van der Waals surface area contributed by atoms with Crippen molar-refractivity contribution in [3.8, 4) is 11.4 Å². The van der Waals surface area contributed by atoms with Crippen LogP contribution in [0, 0.1) is 6.92 Å². The molecule has 0 bridgehead atoms. The van der Waals surface area contributed by atoms with Crippen LogP contribution >= 0.6 is 0 Å². The van der Waals surface area contributed by atoms with E-state index in [0.29, 0.717) is 18.3 Å². The number of fused-ring (bicyclic) bond motifs is 1. The lowest BCUT2D eigenvalue weighted by molar-refractivity contribution is 0.183.